The lowest BCUT2D eigenvalue weighted by atomic mass is 9.99. The molecule has 2 amide bonds. The number of ether oxygens (including phenoxy) is 1. The smallest absolute Gasteiger partial charge is 0.249 e. The van der Waals surface area contributed by atoms with Gasteiger partial charge in [0.2, 0.25) is 11.8 Å². The van der Waals surface area contributed by atoms with Crippen LogP contribution in [0.3, 0.4) is 0 Å². The largest absolute Gasteiger partial charge is 0.497 e. The van der Waals surface area contributed by atoms with Gasteiger partial charge in [0.25, 0.3) is 0 Å². The van der Waals surface area contributed by atoms with Crippen molar-refractivity contribution in [3.8, 4) is 5.75 Å². The fourth-order valence-electron chi connectivity index (χ4n) is 4.93. The van der Waals surface area contributed by atoms with Crippen molar-refractivity contribution in [2.75, 3.05) is 12.0 Å². The summed E-state index contributed by atoms with van der Waals surface area (Å²) in [5, 5.41) is 11.5. The van der Waals surface area contributed by atoms with E-state index in [1.165, 1.54) is 0 Å². The van der Waals surface area contributed by atoms with Gasteiger partial charge in [-0.05, 0) is 60.4 Å². The first-order valence-corrected chi connectivity index (χ1v) is 13.1. The molecule has 1 heterocycles. The molecule has 0 aliphatic carbocycles. The fraction of sp³-hybridized carbons (Fsp3) is 0.188. The standard InChI is InChI=1S/C32H31N5O3/c1-22-11-9-12-23(2)30(22)37(29(38)21-36-28-18-8-7-17-27(28)34-35-36)31(25-15-10-16-26(19-25)40-3)32(39)33-20-24-13-5-4-6-14-24/h4-19,31H,20-21H2,1-3H3,(H,33,39)/t31-/m0/s1. The highest BCUT2D eigenvalue weighted by molar-refractivity contribution is 6.02. The van der Waals surface area contributed by atoms with E-state index in [0.717, 1.165) is 22.2 Å². The molecular formula is C32H31N5O3. The highest BCUT2D eigenvalue weighted by atomic mass is 16.5. The number of rotatable bonds is 9. The maximum atomic E-state index is 14.3. The second-order valence-corrected chi connectivity index (χ2v) is 9.62. The second kappa shape index (κ2) is 11.8. The predicted octanol–water partition coefficient (Wildman–Crippen LogP) is 5.15. The van der Waals surface area contributed by atoms with E-state index in [-0.39, 0.29) is 18.4 Å². The van der Waals surface area contributed by atoms with Gasteiger partial charge in [-0.3, -0.25) is 14.5 Å². The zero-order chi connectivity index (χ0) is 28.1. The summed E-state index contributed by atoms with van der Waals surface area (Å²) >= 11 is 0. The maximum Gasteiger partial charge on any atom is 0.249 e. The van der Waals surface area contributed by atoms with E-state index in [4.69, 9.17) is 4.74 Å². The van der Waals surface area contributed by atoms with E-state index >= 15 is 0 Å². The van der Waals surface area contributed by atoms with Crippen LogP contribution < -0.4 is 15.0 Å². The number of hydrogen-bond acceptors (Lipinski definition) is 5. The third kappa shape index (κ3) is 5.56. The van der Waals surface area contributed by atoms with Gasteiger partial charge in [0.1, 0.15) is 23.9 Å². The molecule has 5 rings (SSSR count). The maximum absolute atomic E-state index is 14.3. The molecule has 0 bridgehead atoms. The van der Waals surface area contributed by atoms with Crippen LogP contribution >= 0.6 is 0 Å². The summed E-state index contributed by atoms with van der Waals surface area (Å²) in [6.45, 7) is 4.11. The molecule has 1 atom stereocenters. The van der Waals surface area contributed by atoms with Crippen molar-refractivity contribution in [3.63, 3.8) is 0 Å². The molecule has 1 aromatic heterocycles. The first-order valence-electron chi connectivity index (χ1n) is 13.1. The summed E-state index contributed by atoms with van der Waals surface area (Å²) in [6, 6.07) is 29.3. The molecule has 0 saturated heterocycles. The number of anilines is 1. The molecule has 202 valence electrons. The summed E-state index contributed by atoms with van der Waals surface area (Å²) in [6.07, 6.45) is 0. The number of aromatic nitrogens is 3. The number of fused-ring (bicyclic) bond motifs is 1. The number of carbonyl (C=O) groups excluding carboxylic acids is 2. The summed E-state index contributed by atoms with van der Waals surface area (Å²) in [7, 11) is 1.58. The zero-order valence-corrected chi connectivity index (χ0v) is 22.7. The van der Waals surface area contributed by atoms with Crippen LogP contribution in [0.5, 0.6) is 5.75 Å². The SMILES string of the molecule is COc1cccc([C@@H](C(=O)NCc2ccccc2)N(C(=O)Cn2nnc3ccccc32)c2c(C)cccc2C)c1. The topological polar surface area (TPSA) is 89.4 Å². The summed E-state index contributed by atoms with van der Waals surface area (Å²) < 4.78 is 7.06. The third-order valence-electron chi connectivity index (χ3n) is 6.88. The number of carbonyl (C=O) groups is 2. The zero-order valence-electron chi connectivity index (χ0n) is 22.7. The summed E-state index contributed by atoms with van der Waals surface area (Å²) in [4.78, 5) is 30.0. The quantitative estimate of drug-likeness (QED) is 0.283. The van der Waals surface area contributed by atoms with E-state index in [0.29, 0.717) is 29.1 Å². The molecule has 0 aliphatic heterocycles. The van der Waals surface area contributed by atoms with Gasteiger partial charge < -0.3 is 10.1 Å². The number of nitrogens with one attached hydrogen (secondary N) is 1. The van der Waals surface area contributed by atoms with Crippen molar-refractivity contribution in [2.24, 2.45) is 0 Å². The van der Waals surface area contributed by atoms with Crippen LogP contribution in [0, 0.1) is 13.8 Å². The van der Waals surface area contributed by atoms with Crippen LogP contribution in [0.25, 0.3) is 11.0 Å². The van der Waals surface area contributed by atoms with Gasteiger partial charge in [0.15, 0.2) is 0 Å². The van der Waals surface area contributed by atoms with Gasteiger partial charge in [-0.1, -0.05) is 78.0 Å². The molecule has 4 aromatic carbocycles. The first kappa shape index (κ1) is 26.6. The molecule has 8 heteroatoms. The fourth-order valence-corrected chi connectivity index (χ4v) is 4.93. The monoisotopic (exact) mass is 533 g/mol. The van der Waals surface area contributed by atoms with E-state index in [1.54, 1.807) is 22.8 Å². The third-order valence-corrected chi connectivity index (χ3v) is 6.88. The molecule has 1 N–H and O–H groups in total. The lowest BCUT2D eigenvalue weighted by Gasteiger charge is -2.34. The van der Waals surface area contributed by atoms with Crippen molar-refractivity contribution in [1.82, 2.24) is 20.3 Å². The van der Waals surface area contributed by atoms with Crippen LogP contribution in [0.15, 0.2) is 97.1 Å². The first-order chi connectivity index (χ1) is 19.5. The van der Waals surface area contributed by atoms with Crippen molar-refractivity contribution >= 4 is 28.5 Å². The molecule has 0 spiro atoms. The summed E-state index contributed by atoms with van der Waals surface area (Å²) in [5.41, 5.74) is 5.45. The Bertz CT molecular complexity index is 1630. The normalized spacial score (nSPS) is 11.7. The Morgan fingerprint density at radius 1 is 0.900 bits per heavy atom. The second-order valence-electron chi connectivity index (χ2n) is 9.62. The molecule has 8 nitrogen and oxygen atoms in total. The number of para-hydroxylation sites is 2. The Balaban J connectivity index is 1.61. The van der Waals surface area contributed by atoms with Gasteiger partial charge in [-0.25, -0.2) is 4.68 Å². The van der Waals surface area contributed by atoms with Gasteiger partial charge in [0, 0.05) is 6.54 Å². The molecule has 5 aromatic rings. The Kier molecular flexibility index (Phi) is 7.87. The highest BCUT2D eigenvalue weighted by Gasteiger charge is 2.35. The summed E-state index contributed by atoms with van der Waals surface area (Å²) in [5.74, 6) is -0.0122. The molecule has 0 radical (unpaired) electrons. The molecule has 0 aliphatic rings. The predicted molar refractivity (Wildman–Crippen MR) is 155 cm³/mol. The van der Waals surface area contributed by atoms with Gasteiger partial charge in [-0.2, -0.15) is 0 Å². The van der Waals surface area contributed by atoms with Crippen molar-refractivity contribution in [2.45, 2.75) is 33.0 Å². The average molecular weight is 534 g/mol. The number of aryl methyl sites for hydroxylation is 2. The van der Waals surface area contributed by atoms with Gasteiger partial charge in [0.05, 0.1) is 18.3 Å². The van der Waals surface area contributed by atoms with Gasteiger partial charge in [-0.15, -0.1) is 5.10 Å². The van der Waals surface area contributed by atoms with Crippen LogP contribution in [0.4, 0.5) is 5.69 Å². The van der Waals surface area contributed by atoms with Crippen LogP contribution in [0.2, 0.25) is 0 Å². The van der Waals surface area contributed by atoms with E-state index in [1.807, 2.05) is 105 Å². The number of amides is 2. The van der Waals surface area contributed by atoms with E-state index in [2.05, 4.69) is 15.6 Å². The molecule has 0 unspecified atom stereocenters. The van der Waals surface area contributed by atoms with Crippen LogP contribution in [0.1, 0.15) is 28.3 Å². The molecule has 40 heavy (non-hydrogen) atoms. The van der Waals surface area contributed by atoms with Crippen molar-refractivity contribution in [1.29, 1.82) is 0 Å². The van der Waals surface area contributed by atoms with Gasteiger partial charge >= 0.3 is 0 Å². The minimum absolute atomic E-state index is 0.0965. The highest BCUT2D eigenvalue weighted by Crippen LogP contribution is 2.34. The van der Waals surface area contributed by atoms with Crippen molar-refractivity contribution < 1.29 is 14.3 Å². The number of nitrogens with zero attached hydrogens (tertiary/aromatic N) is 4. The van der Waals surface area contributed by atoms with Crippen LogP contribution in [-0.4, -0.2) is 33.9 Å². The minimum atomic E-state index is -0.971. The Hall–Kier alpha value is -4.98. The number of hydrogen-bond donors (Lipinski definition) is 1. The van der Waals surface area contributed by atoms with Crippen molar-refractivity contribution in [3.05, 3.63) is 119 Å². The molecule has 0 fully saturated rings. The lowest BCUT2D eigenvalue weighted by Crippen LogP contribution is -2.45. The van der Waals surface area contributed by atoms with E-state index < -0.39 is 6.04 Å². The Labute approximate surface area is 233 Å². The Morgan fingerprint density at radius 3 is 2.35 bits per heavy atom. The Morgan fingerprint density at radius 2 is 1.60 bits per heavy atom. The molecular weight excluding hydrogens is 502 g/mol. The molecule has 0 saturated carbocycles. The average Bonchev–Trinajstić information content (AvgIpc) is 3.38. The minimum Gasteiger partial charge on any atom is -0.497 e. The number of methoxy groups -OCH3 is 1. The van der Waals surface area contributed by atoms with E-state index in [9.17, 15) is 9.59 Å². The number of benzene rings is 4. The lowest BCUT2D eigenvalue weighted by molar-refractivity contribution is -0.127. The van der Waals surface area contributed by atoms with Crippen LogP contribution in [-0.2, 0) is 22.7 Å².